The molecule has 0 saturated carbocycles. The Balaban J connectivity index is 2.35. The second kappa shape index (κ2) is 7.20. The van der Waals surface area contributed by atoms with Gasteiger partial charge in [0.15, 0.2) is 8.07 Å². The van der Waals surface area contributed by atoms with Gasteiger partial charge in [-0.2, -0.15) is 12.6 Å². The SMILES string of the molecule is CCC(S)[Si](c1ccccc1)(c1ccccc1)c1ccccc1. The molecule has 0 nitrogen and oxygen atoms in total. The zero-order valence-corrected chi connectivity index (χ0v) is 15.3. The smallest absolute Gasteiger partial charge is 0.160 e. The van der Waals surface area contributed by atoms with Gasteiger partial charge in [-0.25, -0.2) is 0 Å². The van der Waals surface area contributed by atoms with Gasteiger partial charge in [0.1, 0.15) is 0 Å². The van der Waals surface area contributed by atoms with E-state index in [1.807, 2.05) is 0 Å². The Hall–Kier alpha value is -1.77. The van der Waals surface area contributed by atoms with Crippen LogP contribution in [0.2, 0.25) is 0 Å². The van der Waals surface area contributed by atoms with Crippen LogP contribution >= 0.6 is 12.6 Å². The molecule has 23 heavy (non-hydrogen) atoms. The zero-order chi connectivity index (χ0) is 16.1. The van der Waals surface area contributed by atoms with E-state index in [1.54, 1.807) is 0 Å². The van der Waals surface area contributed by atoms with Crippen LogP contribution in [0.3, 0.4) is 0 Å². The minimum absolute atomic E-state index is 0.328. The third-order valence-corrected chi connectivity index (χ3v) is 11.2. The molecule has 1 atom stereocenters. The van der Waals surface area contributed by atoms with Crippen molar-refractivity contribution >= 4 is 36.3 Å². The lowest BCUT2D eigenvalue weighted by molar-refractivity contribution is 1.03. The lowest BCUT2D eigenvalue weighted by atomic mass is 10.3. The van der Waals surface area contributed by atoms with Gasteiger partial charge >= 0.3 is 0 Å². The lowest BCUT2D eigenvalue weighted by Crippen LogP contribution is -2.72. The molecule has 0 aliphatic rings. The molecule has 0 spiro atoms. The van der Waals surface area contributed by atoms with E-state index in [-0.39, 0.29) is 0 Å². The number of hydrogen-bond acceptors (Lipinski definition) is 1. The third kappa shape index (κ3) is 2.89. The highest BCUT2D eigenvalue weighted by molar-refractivity contribution is 7.84. The van der Waals surface area contributed by atoms with Crippen molar-refractivity contribution in [2.45, 2.75) is 18.2 Å². The standard InChI is InChI=1S/C21H22SSi/c1-2-21(22)23(18-12-6-3-7-13-18,19-14-8-4-9-15-19)20-16-10-5-11-17-20/h3-17,21-22H,2H2,1H3. The average molecular weight is 335 g/mol. The first-order chi connectivity index (χ1) is 11.3. The molecule has 0 aliphatic carbocycles. The van der Waals surface area contributed by atoms with Crippen LogP contribution in [0.4, 0.5) is 0 Å². The number of rotatable bonds is 5. The van der Waals surface area contributed by atoms with Crippen molar-refractivity contribution < 1.29 is 0 Å². The molecule has 0 N–H and O–H groups in total. The first-order valence-electron chi connectivity index (χ1n) is 8.14. The Bertz CT molecular complexity index is 629. The molecule has 0 radical (unpaired) electrons. The van der Waals surface area contributed by atoms with E-state index < -0.39 is 8.07 Å². The molecule has 0 saturated heterocycles. The number of hydrogen-bond donors (Lipinski definition) is 1. The molecule has 0 aromatic heterocycles. The van der Waals surface area contributed by atoms with Crippen molar-refractivity contribution in [3.63, 3.8) is 0 Å². The molecule has 1 unspecified atom stereocenters. The first-order valence-corrected chi connectivity index (χ1v) is 10.7. The van der Waals surface area contributed by atoms with Crippen molar-refractivity contribution in [1.29, 1.82) is 0 Å². The van der Waals surface area contributed by atoms with Crippen LogP contribution in [0.1, 0.15) is 13.3 Å². The maximum absolute atomic E-state index is 5.11. The third-order valence-electron chi connectivity index (χ3n) is 4.57. The van der Waals surface area contributed by atoms with Crippen LogP contribution in [-0.4, -0.2) is 12.9 Å². The van der Waals surface area contributed by atoms with E-state index in [0.29, 0.717) is 4.87 Å². The summed E-state index contributed by atoms with van der Waals surface area (Å²) >= 11 is 5.11. The molecular weight excluding hydrogens is 312 g/mol. The maximum atomic E-state index is 5.11. The fraction of sp³-hybridized carbons (Fsp3) is 0.143. The zero-order valence-electron chi connectivity index (χ0n) is 13.4. The highest BCUT2D eigenvalue weighted by Gasteiger charge is 2.43. The van der Waals surface area contributed by atoms with Crippen molar-refractivity contribution in [3.05, 3.63) is 91.0 Å². The van der Waals surface area contributed by atoms with Crippen LogP contribution < -0.4 is 15.6 Å². The fourth-order valence-electron chi connectivity index (χ4n) is 3.49. The van der Waals surface area contributed by atoms with Gasteiger partial charge in [-0.1, -0.05) is 97.9 Å². The van der Waals surface area contributed by atoms with Gasteiger partial charge in [0, 0.05) is 4.87 Å². The van der Waals surface area contributed by atoms with Gasteiger partial charge < -0.3 is 0 Å². The van der Waals surface area contributed by atoms with Crippen LogP contribution in [0.5, 0.6) is 0 Å². The summed E-state index contributed by atoms with van der Waals surface area (Å²) in [5.74, 6) is 0. The summed E-state index contributed by atoms with van der Waals surface area (Å²) in [4.78, 5) is 0.328. The van der Waals surface area contributed by atoms with Crippen LogP contribution in [0, 0.1) is 0 Å². The summed E-state index contributed by atoms with van der Waals surface area (Å²) in [6, 6.07) is 32.9. The van der Waals surface area contributed by atoms with Crippen molar-refractivity contribution in [2.24, 2.45) is 0 Å². The number of thiol groups is 1. The van der Waals surface area contributed by atoms with Gasteiger partial charge in [0.2, 0.25) is 0 Å². The Labute approximate surface area is 145 Å². The topological polar surface area (TPSA) is 0 Å². The molecule has 3 aromatic rings. The van der Waals surface area contributed by atoms with Crippen molar-refractivity contribution in [3.8, 4) is 0 Å². The molecule has 0 fully saturated rings. The van der Waals surface area contributed by atoms with Crippen LogP contribution in [0.25, 0.3) is 0 Å². The Morgan fingerprint density at radius 1 is 0.652 bits per heavy atom. The van der Waals surface area contributed by atoms with Gasteiger partial charge in [0.05, 0.1) is 0 Å². The molecule has 3 aromatic carbocycles. The predicted octanol–water partition coefficient (Wildman–Crippen LogP) is 3.40. The Morgan fingerprint density at radius 3 is 1.22 bits per heavy atom. The molecule has 116 valence electrons. The maximum Gasteiger partial charge on any atom is 0.160 e. The summed E-state index contributed by atoms with van der Waals surface area (Å²) in [6.07, 6.45) is 1.05. The van der Waals surface area contributed by atoms with Gasteiger partial charge in [0.25, 0.3) is 0 Å². The van der Waals surface area contributed by atoms with E-state index in [4.69, 9.17) is 12.6 Å². The first kappa shape index (κ1) is 16.1. The summed E-state index contributed by atoms with van der Waals surface area (Å²) in [5.41, 5.74) is 0. The Morgan fingerprint density at radius 2 is 0.957 bits per heavy atom. The largest absolute Gasteiger partial charge is 0.178 e. The molecule has 3 rings (SSSR count). The van der Waals surface area contributed by atoms with Gasteiger partial charge in [-0.15, -0.1) is 0 Å². The molecule has 0 amide bonds. The fourth-order valence-corrected chi connectivity index (χ4v) is 9.75. The predicted molar refractivity (Wildman–Crippen MR) is 107 cm³/mol. The van der Waals surface area contributed by atoms with E-state index in [2.05, 4.69) is 97.9 Å². The van der Waals surface area contributed by atoms with E-state index in [9.17, 15) is 0 Å². The lowest BCUT2D eigenvalue weighted by Gasteiger charge is -2.38. The normalized spacial score (nSPS) is 12.8. The van der Waals surface area contributed by atoms with E-state index in [0.717, 1.165) is 6.42 Å². The van der Waals surface area contributed by atoms with Gasteiger partial charge in [-0.3, -0.25) is 0 Å². The summed E-state index contributed by atoms with van der Waals surface area (Å²) < 4.78 is 0. The van der Waals surface area contributed by atoms with Crippen LogP contribution in [0.15, 0.2) is 91.0 Å². The summed E-state index contributed by atoms with van der Waals surface area (Å²) in [6.45, 7) is 2.24. The monoisotopic (exact) mass is 334 g/mol. The van der Waals surface area contributed by atoms with E-state index >= 15 is 0 Å². The number of benzene rings is 3. The molecule has 0 aliphatic heterocycles. The average Bonchev–Trinajstić information content (AvgIpc) is 2.65. The van der Waals surface area contributed by atoms with Crippen molar-refractivity contribution in [1.82, 2.24) is 0 Å². The minimum Gasteiger partial charge on any atom is -0.178 e. The molecule has 2 heteroatoms. The van der Waals surface area contributed by atoms with Crippen LogP contribution in [-0.2, 0) is 0 Å². The quantitative estimate of drug-likeness (QED) is 0.413. The minimum atomic E-state index is -2.16. The molecule has 0 heterocycles. The van der Waals surface area contributed by atoms with Gasteiger partial charge in [-0.05, 0) is 22.0 Å². The Kier molecular flexibility index (Phi) is 5.04. The highest BCUT2D eigenvalue weighted by Crippen LogP contribution is 2.19. The summed E-state index contributed by atoms with van der Waals surface area (Å²) in [5, 5.41) is 4.29. The van der Waals surface area contributed by atoms with E-state index in [1.165, 1.54) is 15.6 Å². The molecule has 0 bridgehead atoms. The summed E-state index contributed by atoms with van der Waals surface area (Å²) in [7, 11) is -2.16. The highest BCUT2D eigenvalue weighted by atomic mass is 32.1. The van der Waals surface area contributed by atoms with Crippen molar-refractivity contribution in [2.75, 3.05) is 0 Å². The second-order valence-corrected chi connectivity index (χ2v) is 11.0. The second-order valence-electron chi connectivity index (χ2n) is 5.83. The molecular formula is C21H22SSi.